The van der Waals surface area contributed by atoms with E-state index < -0.39 is 0 Å². The first-order valence-corrected chi connectivity index (χ1v) is 4.22. The molecule has 0 aliphatic heterocycles. The average molecular weight is 184 g/mol. The van der Waals surface area contributed by atoms with Crippen LogP contribution in [0.1, 0.15) is 12.1 Å². The van der Waals surface area contributed by atoms with Gasteiger partial charge in [0.1, 0.15) is 4.99 Å². The van der Waals surface area contributed by atoms with Gasteiger partial charge in [0.25, 0.3) is 0 Å². The predicted octanol–water partition coefficient (Wildman–Crippen LogP) is 0.505. The minimum atomic E-state index is 0.189. The van der Waals surface area contributed by atoms with Gasteiger partial charge in [-0.05, 0) is 18.6 Å². The summed E-state index contributed by atoms with van der Waals surface area (Å²) in [4.78, 5) is 0.401. The Hall–Kier alpha value is -0.870. The van der Waals surface area contributed by atoms with Crippen LogP contribution in [0.3, 0.4) is 0 Å². The molecule has 0 atom stereocenters. The van der Waals surface area contributed by atoms with Crippen molar-refractivity contribution in [3.05, 3.63) is 24.0 Å². The molecule has 0 unspecified atom stereocenters. The average Bonchev–Trinajstić information content (AvgIpc) is 2.48. The Morgan fingerprint density at radius 1 is 1.67 bits per heavy atom. The molecule has 4 heteroatoms. The molecule has 0 saturated carbocycles. The van der Waals surface area contributed by atoms with Crippen LogP contribution in [-0.2, 0) is 6.54 Å². The highest BCUT2D eigenvalue weighted by Gasteiger charge is 2.01. The quantitative estimate of drug-likeness (QED) is 0.670. The van der Waals surface area contributed by atoms with Gasteiger partial charge in [-0.3, -0.25) is 0 Å². The van der Waals surface area contributed by atoms with Crippen molar-refractivity contribution in [3.8, 4) is 0 Å². The molecule has 3 nitrogen and oxygen atoms in total. The van der Waals surface area contributed by atoms with E-state index >= 15 is 0 Å². The fraction of sp³-hybridized carbons (Fsp3) is 0.375. The monoisotopic (exact) mass is 184 g/mol. The number of aromatic nitrogens is 1. The van der Waals surface area contributed by atoms with Crippen molar-refractivity contribution in [3.63, 3.8) is 0 Å². The molecule has 1 heterocycles. The van der Waals surface area contributed by atoms with E-state index in [0.29, 0.717) is 4.99 Å². The SMILES string of the molecule is NC(=S)c1cccn1CCCO. The van der Waals surface area contributed by atoms with Gasteiger partial charge in [0.15, 0.2) is 0 Å². The van der Waals surface area contributed by atoms with Crippen molar-refractivity contribution in [2.45, 2.75) is 13.0 Å². The molecule has 3 N–H and O–H groups in total. The molecule has 0 spiro atoms. The standard InChI is InChI=1S/C8H12N2OS/c9-8(12)7-3-1-4-10(7)5-2-6-11/h1,3-4,11H,2,5-6H2,(H2,9,12). The van der Waals surface area contributed by atoms with E-state index in [1.165, 1.54) is 0 Å². The Morgan fingerprint density at radius 3 is 3.00 bits per heavy atom. The fourth-order valence-corrected chi connectivity index (χ4v) is 1.26. The maximum Gasteiger partial charge on any atom is 0.120 e. The lowest BCUT2D eigenvalue weighted by Gasteiger charge is -2.05. The number of aliphatic hydroxyl groups excluding tert-OH is 1. The van der Waals surface area contributed by atoms with Crippen LogP contribution >= 0.6 is 12.2 Å². The number of aryl methyl sites for hydroxylation is 1. The van der Waals surface area contributed by atoms with Gasteiger partial charge in [-0.1, -0.05) is 12.2 Å². The highest BCUT2D eigenvalue weighted by atomic mass is 32.1. The van der Waals surface area contributed by atoms with Gasteiger partial charge >= 0.3 is 0 Å². The predicted molar refractivity (Wildman–Crippen MR) is 52.0 cm³/mol. The van der Waals surface area contributed by atoms with Crippen LogP contribution in [0, 0.1) is 0 Å². The van der Waals surface area contributed by atoms with E-state index in [2.05, 4.69) is 0 Å². The zero-order valence-corrected chi connectivity index (χ0v) is 7.55. The second-order valence-corrected chi connectivity index (χ2v) is 2.97. The van der Waals surface area contributed by atoms with E-state index in [4.69, 9.17) is 23.1 Å². The molecule has 0 bridgehead atoms. The van der Waals surface area contributed by atoms with Crippen molar-refractivity contribution < 1.29 is 5.11 Å². The molecule has 0 amide bonds. The van der Waals surface area contributed by atoms with E-state index in [1.54, 1.807) is 0 Å². The topological polar surface area (TPSA) is 51.2 Å². The Labute approximate surface area is 76.8 Å². The van der Waals surface area contributed by atoms with Crippen molar-refractivity contribution in [1.29, 1.82) is 0 Å². The molecule has 1 aromatic heterocycles. The third-order valence-electron chi connectivity index (χ3n) is 1.64. The Morgan fingerprint density at radius 2 is 2.42 bits per heavy atom. The van der Waals surface area contributed by atoms with Crippen LogP contribution in [0.25, 0.3) is 0 Å². The van der Waals surface area contributed by atoms with Gasteiger partial charge in [0, 0.05) is 19.3 Å². The molecule has 0 fully saturated rings. The molecule has 1 rings (SSSR count). The molecule has 0 aliphatic rings. The maximum absolute atomic E-state index is 8.62. The first-order chi connectivity index (χ1) is 5.75. The summed E-state index contributed by atoms with van der Waals surface area (Å²) in [5.74, 6) is 0. The summed E-state index contributed by atoms with van der Waals surface area (Å²) in [6, 6.07) is 3.77. The Balaban J connectivity index is 2.70. The minimum absolute atomic E-state index is 0.189. The molecular formula is C8H12N2OS. The maximum atomic E-state index is 8.62. The number of nitrogens with two attached hydrogens (primary N) is 1. The van der Waals surface area contributed by atoms with Gasteiger partial charge in [0.2, 0.25) is 0 Å². The summed E-state index contributed by atoms with van der Waals surface area (Å²) in [5, 5.41) is 8.62. The van der Waals surface area contributed by atoms with Gasteiger partial charge in [-0.15, -0.1) is 0 Å². The fourth-order valence-electron chi connectivity index (χ4n) is 1.07. The molecule has 12 heavy (non-hydrogen) atoms. The van der Waals surface area contributed by atoms with Crippen molar-refractivity contribution in [2.24, 2.45) is 5.73 Å². The van der Waals surface area contributed by atoms with Gasteiger partial charge < -0.3 is 15.4 Å². The van der Waals surface area contributed by atoms with Crippen LogP contribution in [0.2, 0.25) is 0 Å². The summed E-state index contributed by atoms with van der Waals surface area (Å²) in [6.45, 7) is 0.950. The second kappa shape index (κ2) is 4.23. The summed E-state index contributed by atoms with van der Waals surface area (Å²) >= 11 is 4.85. The largest absolute Gasteiger partial charge is 0.396 e. The van der Waals surface area contributed by atoms with Gasteiger partial charge in [-0.2, -0.15) is 0 Å². The van der Waals surface area contributed by atoms with Crippen molar-refractivity contribution in [2.75, 3.05) is 6.61 Å². The normalized spacial score (nSPS) is 10.1. The molecule has 66 valence electrons. The zero-order chi connectivity index (χ0) is 8.97. The Kier molecular flexibility index (Phi) is 3.25. The summed E-state index contributed by atoms with van der Waals surface area (Å²) in [6.07, 6.45) is 2.63. The molecule has 0 aromatic carbocycles. The van der Waals surface area contributed by atoms with E-state index in [1.807, 2.05) is 22.9 Å². The number of hydrogen-bond donors (Lipinski definition) is 2. The minimum Gasteiger partial charge on any atom is -0.396 e. The lowest BCUT2D eigenvalue weighted by Crippen LogP contribution is -2.15. The molecule has 1 aromatic rings. The Bertz CT molecular complexity index is 270. The van der Waals surface area contributed by atoms with Crippen molar-refractivity contribution in [1.82, 2.24) is 4.57 Å². The van der Waals surface area contributed by atoms with Crippen LogP contribution in [0.15, 0.2) is 18.3 Å². The smallest absolute Gasteiger partial charge is 0.120 e. The van der Waals surface area contributed by atoms with Gasteiger partial charge in [0.05, 0.1) is 5.69 Å². The summed E-state index contributed by atoms with van der Waals surface area (Å²) in [7, 11) is 0. The highest BCUT2D eigenvalue weighted by Crippen LogP contribution is 2.02. The van der Waals surface area contributed by atoms with Crippen LogP contribution in [0.4, 0.5) is 0 Å². The van der Waals surface area contributed by atoms with E-state index in [0.717, 1.165) is 18.7 Å². The first-order valence-electron chi connectivity index (χ1n) is 3.81. The van der Waals surface area contributed by atoms with Gasteiger partial charge in [-0.25, -0.2) is 0 Å². The molecule has 0 radical (unpaired) electrons. The molecule has 0 aliphatic carbocycles. The molecular weight excluding hydrogens is 172 g/mol. The first kappa shape index (κ1) is 9.22. The highest BCUT2D eigenvalue weighted by molar-refractivity contribution is 7.80. The summed E-state index contributed by atoms with van der Waals surface area (Å²) in [5.41, 5.74) is 6.34. The lowest BCUT2D eigenvalue weighted by molar-refractivity contribution is 0.280. The number of thiocarbonyl (C=S) groups is 1. The van der Waals surface area contributed by atoms with E-state index in [-0.39, 0.29) is 6.61 Å². The third kappa shape index (κ3) is 2.06. The van der Waals surface area contributed by atoms with Crippen LogP contribution < -0.4 is 5.73 Å². The zero-order valence-electron chi connectivity index (χ0n) is 6.73. The number of hydrogen-bond acceptors (Lipinski definition) is 2. The van der Waals surface area contributed by atoms with Crippen LogP contribution in [-0.4, -0.2) is 21.3 Å². The number of nitrogens with zero attached hydrogens (tertiary/aromatic N) is 1. The van der Waals surface area contributed by atoms with E-state index in [9.17, 15) is 0 Å². The third-order valence-corrected chi connectivity index (χ3v) is 1.85. The lowest BCUT2D eigenvalue weighted by atomic mass is 10.4. The summed E-state index contributed by atoms with van der Waals surface area (Å²) < 4.78 is 1.94. The second-order valence-electron chi connectivity index (χ2n) is 2.53. The van der Waals surface area contributed by atoms with Crippen molar-refractivity contribution >= 4 is 17.2 Å². The number of rotatable bonds is 4. The number of aliphatic hydroxyl groups is 1. The molecule has 0 saturated heterocycles. The van der Waals surface area contributed by atoms with Crippen LogP contribution in [0.5, 0.6) is 0 Å².